The summed E-state index contributed by atoms with van der Waals surface area (Å²) >= 11 is 0. The third kappa shape index (κ3) is 2.76. The Morgan fingerprint density at radius 2 is 1.84 bits per heavy atom. The molecule has 0 saturated carbocycles. The lowest BCUT2D eigenvalue weighted by molar-refractivity contribution is -0.384. The molecule has 8 heteroatoms. The van der Waals surface area contributed by atoms with Gasteiger partial charge in [0.2, 0.25) is 5.91 Å². The molecule has 2 aliphatic rings. The second-order valence-electron chi connectivity index (χ2n) is 8.16. The minimum atomic E-state index is -1.20. The molecule has 1 saturated heterocycles. The Balaban J connectivity index is 1.70. The lowest BCUT2D eigenvalue weighted by Crippen LogP contribution is -2.51. The van der Waals surface area contributed by atoms with Gasteiger partial charge in [-0.1, -0.05) is 36.4 Å². The third-order valence-electron chi connectivity index (χ3n) is 6.59. The van der Waals surface area contributed by atoms with E-state index in [1.54, 1.807) is 36.5 Å². The summed E-state index contributed by atoms with van der Waals surface area (Å²) < 4.78 is 0. The van der Waals surface area contributed by atoms with Crippen molar-refractivity contribution in [2.24, 2.45) is 5.92 Å². The van der Waals surface area contributed by atoms with Crippen molar-refractivity contribution in [3.63, 3.8) is 0 Å². The number of likely N-dealkylation sites (tertiary alicyclic amines) is 1. The molecule has 1 amide bonds. The number of pyridine rings is 1. The molecule has 1 spiro atoms. The number of fused-ring (bicyclic) bond motifs is 2. The van der Waals surface area contributed by atoms with Crippen molar-refractivity contribution in [2.45, 2.75) is 11.5 Å². The number of aromatic nitrogens is 1. The molecule has 5 rings (SSSR count). The molecule has 0 aliphatic carbocycles. The molecule has 160 valence electrons. The molecule has 2 aliphatic heterocycles. The Labute approximate surface area is 184 Å². The molecule has 3 heterocycles. The number of para-hydroxylation sites is 1. The van der Waals surface area contributed by atoms with Gasteiger partial charge in [-0.05, 0) is 30.8 Å². The topological polar surface area (TPSA) is 105 Å². The van der Waals surface area contributed by atoms with Crippen LogP contribution in [0.25, 0.3) is 0 Å². The summed E-state index contributed by atoms with van der Waals surface area (Å²) in [5, 5.41) is 14.1. The van der Waals surface area contributed by atoms with Gasteiger partial charge < -0.3 is 5.32 Å². The van der Waals surface area contributed by atoms with E-state index in [-0.39, 0.29) is 29.0 Å². The quantitative estimate of drug-likeness (QED) is 0.388. The maximum atomic E-state index is 13.9. The van der Waals surface area contributed by atoms with Crippen molar-refractivity contribution >= 4 is 23.1 Å². The number of ketones is 1. The van der Waals surface area contributed by atoms with Crippen molar-refractivity contribution in [1.29, 1.82) is 0 Å². The molecule has 32 heavy (non-hydrogen) atoms. The van der Waals surface area contributed by atoms with Crippen molar-refractivity contribution in [2.75, 3.05) is 18.9 Å². The molecule has 3 aromatic rings. The highest BCUT2D eigenvalue weighted by Gasteiger charge is 2.64. The number of nitrogens with zero attached hydrogens (tertiary/aromatic N) is 3. The fourth-order valence-corrected chi connectivity index (χ4v) is 5.21. The summed E-state index contributed by atoms with van der Waals surface area (Å²) in [6.07, 6.45) is 1.56. The van der Waals surface area contributed by atoms with Crippen LogP contribution in [0.5, 0.6) is 0 Å². The van der Waals surface area contributed by atoms with Crippen LogP contribution < -0.4 is 5.32 Å². The number of carbonyl (C=O) groups is 2. The number of rotatable bonds is 4. The maximum absolute atomic E-state index is 13.9. The van der Waals surface area contributed by atoms with Gasteiger partial charge in [-0.25, -0.2) is 0 Å². The number of carbonyl (C=O) groups excluding carboxylic acids is 2. The predicted molar refractivity (Wildman–Crippen MR) is 117 cm³/mol. The van der Waals surface area contributed by atoms with Crippen LogP contribution in [0.1, 0.15) is 27.5 Å². The van der Waals surface area contributed by atoms with E-state index in [0.29, 0.717) is 12.2 Å². The van der Waals surface area contributed by atoms with Gasteiger partial charge in [-0.2, -0.15) is 0 Å². The summed E-state index contributed by atoms with van der Waals surface area (Å²) in [5.41, 5.74) is 1.28. The van der Waals surface area contributed by atoms with E-state index in [2.05, 4.69) is 10.3 Å². The van der Waals surface area contributed by atoms with Gasteiger partial charge in [-0.3, -0.25) is 29.6 Å². The van der Waals surface area contributed by atoms with Crippen molar-refractivity contribution < 1.29 is 14.5 Å². The first kappa shape index (κ1) is 20.0. The van der Waals surface area contributed by atoms with Crippen LogP contribution >= 0.6 is 0 Å². The van der Waals surface area contributed by atoms with Crippen LogP contribution in [0, 0.1) is 16.0 Å². The Kier molecular flexibility index (Phi) is 4.60. The van der Waals surface area contributed by atoms with Crippen molar-refractivity contribution in [3.8, 4) is 0 Å². The van der Waals surface area contributed by atoms with Gasteiger partial charge in [0.1, 0.15) is 11.2 Å². The van der Waals surface area contributed by atoms with E-state index in [4.69, 9.17) is 0 Å². The van der Waals surface area contributed by atoms with Gasteiger partial charge in [-0.15, -0.1) is 0 Å². The molecule has 1 aromatic heterocycles. The summed E-state index contributed by atoms with van der Waals surface area (Å²) in [5.74, 6) is -1.59. The van der Waals surface area contributed by atoms with Gasteiger partial charge in [0.25, 0.3) is 5.69 Å². The monoisotopic (exact) mass is 428 g/mol. The van der Waals surface area contributed by atoms with Crippen LogP contribution in [0.15, 0.2) is 72.9 Å². The van der Waals surface area contributed by atoms with Crippen LogP contribution in [-0.2, 0) is 10.3 Å². The minimum Gasteiger partial charge on any atom is -0.324 e. The Morgan fingerprint density at radius 3 is 2.53 bits per heavy atom. The highest BCUT2D eigenvalue weighted by molar-refractivity contribution is 6.11. The Hall–Kier alpha value is -3.91. The Morgan fingerprint density at radius 1 is 1.12 bits per heavy atom. The first-order valence-electron chi connectivity index (χ1n) is 10.3. The number of Topliss-reactive ketones (excluding diaryl/α,β-unsaturated/α-hetero) is 1. The first-order chi connectivity index (χ1) is 15.4. The zero-order valence-electron chi connectivity index (χ0n) is 17.3. The van der Waals surface area contributed by atoms with Crippen LogP contribution in [-0.4, -0.2) is 40.1 Å². The fourth-order valence-electron chi connectivity index (χ4n) is 5.21. The Bertz CT molecular complexity index is 1230. The largest absolute Gasteiger partial charge is 0.324 e. The second-order valence-corrected chi connectivity index (χ2v) is 8.16. The summed E-state index contributed by atoms with van der Waals surface area (Å²) in [4.78, 5) is 44.2. The van der Waals surface area contributed by atoms with Crippen LogP contribution in [0.2, 0.25) is 0 Å². The van der Waals surface area contributed by atoms with Gasteiger partial charge >= 0.3 is 0 Å². The number of anilines is 1. The SMILES string of the molecule is CN1C[C@H](c2ccc([N+](=O)[O-])cc2)[C@H](C(=O)c2ccccn2)[C@]12C(=O)Nc1ccccc12. The number of nitrogens with one attached hydrogen (secondary N) is 1. The number of non-ortho nitro benzene ring substituents is 1. The van der Waals surface area contributed by atoms with E-state index in [1.165, 1.54) is 12.1 Å². The fraction of sp³-hybridized carbons (Fsp3) is 0.208. The van der Waals surface area contributed by atoms with Gasteiger partial charge in [0.15, 0.2) is 5.78 Å². The maximum Gasteiger partial charge on any atom is 0.269 e. The third-order valence-corrected chi connectivity index (χ3v) is 6.59. The van der Waals surface area contributed by atoms with E-state index in [0.717, 1.165) is 11.1 Å². The second kappa shape index (κ2) is 7.35. The van der Waals surface area contributed by atoms with Crippen molar-refractivity contribution in [3.05, 3.63) is 99.9 Å². The number of benzene rings is 2. The number of nitro benzene ring substituents is 1. The molecule has 0 unspecified atom stereocenters. The van der Waals surface area contributed by atoms with E-state index >= 15 is 0 Å². The number of hydrogen-bond acceptors (Lipinski definition) is 6. The molecule has 0 bridgehead atoms. The minimum absolute atomic E-state index is 0.0219. The summed E-state index contributed by atoms with van der Waals surface area (Å²) in [7, 11) is 1.84. The zero-order chi connectivity index (χ0) is 22.5. The van der Waals surface area contributed by atoms with E-state index < -0.39 is 16.4 Å². The lowest BCUT2D eigenvalue weighted by Gasteiger charge is -2.35. The molecular formula is C24H20N4O4. The highest BCUT2D eigenvalue weighted by atomic mass is 16.6. The average Bonchev–Trinajstić information content (AvgIpc) is 3.29. The predicted octanol–water partition coefficient (Wildman–Crippen LogP) is 3.37. The molecular weight excluding hydrogens is 408 g/mol. The normalized spacial score (nSPS) is 24.3. The van der Waals surface area contributed by atoms with Crippen molar-refractivity contribution in [1.82, 2.24) is 9.88 Å². The smallest absolute Gasteiger partial charge is 0.269 e. The number of nitro groups is 1. The number of hydrogen-bond donors (Lipinski definition) is 1. The molecule has 1 N–H and O–H groups in total. The molecule has 8 nitrogen and oxygen atoms in total. The highest BCUT2D eigenvalue weighted by Crippen LogP contribution is 2.55. The van der Waals surface area contributed by atoms with Gasteiger partial charge in [0.05, 0.1) is 10.8 Å². The standard InChI is InChI=1S/C24H20N4O4/c1-27-14-17(15-9-11-16(12-10-15)28(31)32)21(22(29)20-8-4-5-13-25-20)24(27)18-6-2-3-7-19(18)26-23(24)30/h2-13,17,21H,14H2,1H3,(H,26,30)/t17-,21-,24-/m1/s1. The summed E-state index contributed by atoms with van der Waals surface area (Å²) in [6, 6.07) is 18.8. The molecule has 2 aromatic carbocycles. The van der Waals surface area contributed by atoms with Crippen LogP contribution in [0.4, 0.5) is 11.4 Å². The van der Waals surface area contributed by atoms with Gasteiger partial charge in [0, 0.05) is 42.0 Å². The van der Waals surface area contributed by atoms with Crippen LogP contribution in [0.3, 0.4) is 0 Å². The number of amides is 1. The molecule has 0 radical (unpaired) electrons. The van der Waals surface area contributed by atoms with E-state index in [1.807, 2.05) is 36.2 Å². The lowest BCUT2D eigenvalue weighted by atomic mass is 9.71. The molecule has 3 atom stereocenters. The summed E-state index contributed by atoms with van der Waals surface area (Å²) in [6.45, 7) is 0.433. The number of likely N-dealkylation sites (N-methyl/N-ethyl adjacent to an activating group) is 1. The first-order valence-corrected chi connectivity index (χ1v) is 10.3. The molecule has 1 fully saturated rings. The zero-order valence-corrected chi connectivity index (χ0v) is 17.3. The van der Waals surface area contributed by atoms with E-state index in [9.17, 15) is 19.7 Å². The average molecular weight is 428 g/mol.